The highest BCUT2D eigenvalue weighted by atomic mass is 28.2. The van der Waals surface area contributed by atoms with Gasteiger partial charge in [0.1, 0.15) is 10.5 Å². The fourth-order valence-corrected chi connectivity index (χ4v) is 0.756. The highest BCUT2D eigenvalue weighted by molar-refractivity contribution is 5.98. The monoisotopic (exact) mass is 144 g/mol. The summed E-state index contributed by atoms with van der Waals surface area (Å²) in [6, 6.07) is 0. The minimum Gasteiger partial charge on any atom is -0.423 e. The van der Waals surface area contributed by atoms with E-state index in [1.54, 1.807) is 0 Å². The fourth-order valence-electron chi connectivity index (χ4n) is 0.552. The van der Waals surface area contributed by atoms with Crippen LogP contribution in [0, 0.1) is 0 Å². The molecule has 0 bridgehead atoms. The maximum absolute atomic E-state index is 5.33. The van der Waals surface area contributed by atoms with E-state index in [1.165, 1.54) is 0 Å². The van der Waals surface area contributed by atoms with Crippen molar-refractivity contribution in [1.82, 2.24) is 0 Å². The molecule has 0 aromatic carbocycles. The lowest BCUT2D eigenvalue weighted by molar-refractivity contribution is 0.114. The van der Waals surface area contributed by atoms with Crippen LogP contribution in [-0.4, -0.2) is 16.1 Å². The van der Waals surface area contributed by atoms with Gasteiger partial charge in [-0.15, -0.1) is 6.58 Å². The van der Waals surface area contributed by atoms with Gasteiger partial charge in [0.25, 0.3) is 0 Å². The van der Waals surface area contributed by atoms with Gasteiger partial charge in [-0.3, -0.25) is 0 Å². The first-order chi connectivity index (χ1) is 4.12. The second-order valence-electron chi connectivity index (χ2n) is 2.79. The van der Waals surface area contributed by atoms with E-state index in [9.17, 15) is 0 Å². The van der Waals surface area contributed by atoms with Crippen LogP contribution in [0.3, 0.4) is 0 Å². The van der Waals surface area contributed by atoms with E-state index in [2.05, 4.69) is 20.4 Å². The zero-order chi connectivity index (χ0) is 7.33. The summed E-state index contributed by atoms with van der Waals surface area (Å²) in [5.41, 5.74) is 0.0837. The Hall–Kier alpha value is -0.0831. The molecule has 0 fully saturated rings. The molecule has 0 unspecified atom stereocenters. The average Bonchev–Trinajstić information content (AvgIpc) is 1.84. The SMILES string of the molecule is C=CCCC(C)(C)O[SiH3]. The van der Waals surface area contributed by atoms with Gasteiger partial charge < -0.3 is 4.43 Å². The first kappa shape index (κ1) is 8.92. The van der Waals surface area contributed by atoms with Gasteiger partial charge in [0.2, 0.25) is 0 Å². The lowest BCUT2D eigenvalue weighted by Gasteiger charge is -2.22. The van der Waals surface area contributed by atoms with Crippen LogP contribution in [0.15, 0.2) is 12.7 Å². The van der Waals surface area contributed by atoms with E-state index >= 15 is 0 Å². The number of rotatable bonds is 4. The maximum Gasteiger partial charge on any atom is 0.146 e. The predicted octanol–water partition coefficient (Wildman–Crippen LogP) is 1.03. The molecule has 0 aromatic heterocycles. The molecule has 0 spiro atoms. The lowest BCUT2D eigenvalue weighted by atomic mass is 10.0. The molecule has 0 saturated carbocycles. The van der Waals surface area contributed by atoms with Gasteiger partial charge in [-0.05, 0) is 26.7 Å². The Kier molecular flexibility index (Phi) is 3.82. The Morgan fingerprint density at radius 1 is 1.67 bits per heavy atom. The maximum atomic E-state index is 5.33. The summed E-state index contributed by atoms with van der Waals surface area (Å²) in [5.74, 6) is 0. The minimum absolute atomic E-state index is 0.0837. The summed E-state index contributed by atoms with van der Waals surface area (Å²) >= 11 is 0. The zero-order valence-corrected chi connectivity index (χ0v) is 8.61. The molecular formula is C7H16OSi. The van der Waals surface area contributed by atoms with Crippen LogP contribution in [-0.2, 0) is 4.43 Å². The molecule has 54 valence electrons. The summed E-state index contributed by atoms with van der Waals surface area (Å²) < 4.78 is 5.33. The third-order valence-electron chi connectivity index (χ3n) is 1.50. The first-order valence-electron chi connectivity index (χ1n) is 3.28. The van der Waals surface area contributed by atoms with Crippen molar-refractivity contribution in [2.24, 2.45) is 0 Å². The molecule has 0 heterocycles. The molecule has 0 aliphatic heterocycles. The van der Waals surface area contributed by atoms with Crippen LogP contribution in [0.4, 0.5) is 0 Å². The van der Waals surface area contributed by atoms with Gasteiger partial charge in [0.15, 0.2) is 0 Å². The Morgan fingerprint density at radius 3 is 2.56 bits per heavy atom. The highest BCUT2D eigenvalue weighted by Gasteiger charge is 2.12. The smallest absolute Gasteiger partial charge is 0.146 e. The van der Waals surface area contributed by atoms with Gasteiger partial charge >= 0.3 is 0 Å². The van der Waals surface area contributed by atoms with Crippen molar-refractivity contribution in [1.29, 1.82) is 0 Å². The van der Waals surface area contributed by atoms with Crippen LogP contribution in [0.5, 0.6) is 0 Å². The number of allylic oxidation sites excluding steroid dienone is 1. The molecule has 0 amide bonds. The summed E-state index contributed by atoms with van der Waals surface area (Å²) in [5, 5.41) is 0. The molecule has 0 atom stereocenters. The van der Waals surface area contributed by atoms with E-state index in [0.29, 0.717) is 0 Å². The van der Waals surface area contributed by atoms with Crippen molar-refractivity contribution >= 4 is 10.5 Å². The molecule has 0 aliphatic rings. The first-order valence-corrected chi connectivity index (χ1v) is 4.10. The van der Waals surface area contributed by atoms with E-state index in [1.807, 2.05) is 6.08 Å². The molecule has 9 heavy (non-hydrogen) atoms. The number of hydrogen-bond acceptors (Lipinski definition) is 1. The van der Waals surface area contributed by atoms with Crippen molar-refractivity contribution in [2.75, 3.05) is 0 Å². The van der Waals surface area contributed by atoms with Crippen molar-refractivity contribution < 1.29 is 4.43 Å². The number of hydrogen-bond donors (Lipinski definition) is 0. The molecule has 0 saturated heterocycles. The summed E-state index contributed by atoms with van der Waals surface area (Å²) in [6.07, 6.45) is 4.07. The average molecular weight is 144 g/mol. The molecule has 0 rings (SSSR count). The zero-order valence-electron chi connectivity index (χ0n) is 6.61. The van der Waals surface area contributed by atoms with E-state index < -0.39 is 0 Å². The third kappa shape index (κ3) is 4.42. The normalized spacial score (nSPS) is 11.8. The standard InChI is InChI=1S/C7H16OSi/c1-4-5-6-7(2,3)8-9/h4H,1,5-6H2,2-3,9H3. The second kappa shape index (κ2) is 3.85. The molecular weight excluding hydrogens is 128 g/mol. The molecule has 0 aromatic rings. The third-order valence-corrected chi connectivity index (χ3v) is 2.61. The molecule has 0 radical (unpaired) electrons. The van der Waals surface area contributed by atoms with Gasteiger partial charge in [-0.25, -0.2) is 0 Å². The Bertz CT molecular complexity index is 88.9. The van der Waals surface area contributed by atoms with Crippen LogP contribution < -0.4 is 0 Å². The van der Waals surface area contributed by atoms with Crippen LogP contribution in [0.1, 0.15) is 26.7 Å². The fraction of sp³-hybridized carbons (Fsp3) is 0.714. The molecule has 2 heteroatoms. The predicted molar refractivity (Wildman–Crippen MR) is 44.5 cm³/mol. The lowest BCUT2D eigenvalue weighted by Crippen LogP contribution is -2.22. The van der Waals surface area contributed by atoms with E-state index in [-0.39, 0.29) is 5.60 Å². The van der Waals surface area contributed by atoms with Crippen molar-refractivity contribution in [3.8, 4) is 0 Å². The van der Waals surface area contributed by atoms with Gasteiger partial charge in [0.05, 0.1) is 0 Å². The van der Waals surface area contributed by atoms with E-state index in [0.717, 1.165) is 23.3 Å². The Morgan fingerprint density at radius 2 is 2.22 bits per heavy atom. The quantitative estimate of drug-likeness (QED) is 0.423. The van der Waals surface area contributed by atoms with Gasteiger partial charge in [-0.2, -0.15) is 0 Å². The van der Waals surface area contributed by atoms with Gasteiger partial charge in [-0.1, -0.05) is 6.08 Å². The topological polar surface area (TPSA) is 9.23 Å². The molecule has 1 nitrogen and oxygen atoms in total. The van der Waals surface area contributed by atoms with E-state index in [4.69, 9.17) is 4.43 Å². The Labute approximate surface area is 60.6 Å². The van der Waals surface area contributed by atoms with Crippen LogP contribution >= 0.6 is 0 Å². The summed E-state index contributed by atoms with van der Waals surface area (Å²) in [4.78, 5) is 0. The van der Waals surface area contributed by atoms with Crippen LogP contribution in [0.2, 0.25) is 0 Å². The summed E-state index contributed by atoms with van der Waals surface area (Å²) in [7, 11) is 0.830. The minimum atomic E-state index is 0.0837. The molecule has 0 aliphatic carbocycles. The molecule has 0 N–H and O–H groups in total. The van der Waals surface area contributed by atoms with Crippen LogP contribution in [0.25, 0.3) is 0 Å². The largest absolute Gasteiger partial charge is 0.423 e. The van der Waals surface area contributed by atoms with Crippen molar-refractivity contribution in [2.45, 2.75) is 32.3 Å². The highest BCUT2D eigenvalue weighted by Crippen LogP contribution is 2.14. The van der Waals surface area contributed by atoms with Crippen molar-refractivity contribution in [3.05, 3.63) is 12.7 Å². The van der Waals surface area contributed by atoms with Crippen molar-refractivity contribution in [3.63, 3.8) is 0 Å². The summed E-state index contributed by atoms with van der Waals surface area (Å²) in [6.45, 7) is 7.88. The van der Waals surface area contributed by atoms with Gasteiger partial charge in [0, 0.05) is 5.60 Å². The second-order valence-corrected chi connectivity index (χ2v) is 3.20. The Balaban J connectivity index is 3.44.